The Hall–Kier alpha value is -0.610. The minimum Gasteiger partial charge on any atom is -0.354 e. The molecule has 4 heteroatoms. The first-order chi connectivity index (χ1) is 7.91. The number of hydrogen-bond donors (Lipinski definition) is 2. The fraction of sp³-hybridized carbons (Fsp3) is 0.923. The van der Waals surface area contributed by atoms with Gasteiger partial charge in [-0.05, 0) is 32.7 Å². The molecule has 2 unspecified atom stereocenters. The second-order valence-corrected chi connectivity index (χ2v) is 5.66. The third-order valence-electron chi connectivity index (χ3n) is 3.69. The molecule has 0 aromatic carbocycles. The maximum absolute atomic E-state index is 11.7. The van der Waals surface area contributed by atoms with Crippen molar-refractivity contribution in [2.45, 2.75) is 58.2 Å². The van der Waals surface area contributed by atoms with Gasteiger partial charge in [-0.3, -0.25) is 9.69 Å². The zero-order chi connectivity index (χ0) is 13.0. The smallest absolute Gasteiger partial charge is 0.221 e. The summed E-state index contributed by atoms with van der Waals surface area (Å²) in [6.45, 7) is 6.96. The van der Waals surface area contributed by atoms with Crippen LogP contribution in [0.25, 0.3) is 0 Å². The molecule has 0 radical (unpaired) electrons. The summed E-state index contributed by atoms with van der Waals surface area (Å²) in [5.41, 5.74) is 5.87. The Morgan fingerprint density at radius 1 is 1.41 bits per heavy atom. The zero-order valence-electron chi connectivity index (χ0n) is 11.6. The van der Waals surface area contributed by atoms with Gasteiger partial charge in [-0.25, -0.2) is 0 Å². The lowest BCUT2D eigenvalue weighted by Crippen LogP contribution is -2.43. The lowest BCUT2D eigenvalue weighted by Gasteiger charge is -2.25. The van der Waals surface area contributed by atoms with Crippen molar-refractivity contribution in [1.29, 1.82) is 0 Å². The lowest BCUT2D eigenvalue weighted by molar-refractivity contribution is -0.121. The average Bonchev–Trinajstić information content (AvgIpc) is 3.08. The highest BCUT2D eigenvalue weighted by atomic mass is 16.1. The van der Waals surface area contributed by atoms with Gasteiger partial charge in [0.1, 0.15) is 0 Å². The highest BCUT2D eigenvalue weighted by Crippen LogP contribution is 2.26. The van der Waals surface area contributed by atoms with Crippen molar-refractivity contribution in [3.63, 3.8) is 0 Å². The first-order valence-corrected chi connectivity index (χ1v) is 6.66. The first-order valence-electron chi connectivity index (χ1n) is 6.66. The van der Waals surface area contributed by atoms with Gasteiger partial charge in [0.2, 0.25) is 5.91 Å². The molecule has 0 saturated heterocycles. The van der Waals surface area contributed by atoms with E-state index in [1.807, 2.05) is 13.8 Å². The van der Waals surface area contributed by atoms with E-state index in [0.29, 0.717) is 18.4 Å². The molecule has 1 saturated carbocycles. The second kappa shape index (κ2) is 6.36. The molecule has 1 aliphatic carbocycles. The maximum Gasteiger partial charge on any atom is 0.221 e. The van der Waals surface area contributed by atoms with Crippen LogP contribution in [0.15, 0.2) is 0 Å². The van der Waals surface area contributed by atoms with Crippen molar-refractivity contribution in [1.82, 2.24) is 10.2 Å². The summed E-state index contributed by atoms with van der Waals surface area (Å²) in [7, 11) is 2.13. The predicted molar refractivity (Wildman–Crippen MR) is 70.7 cm³/mol. The van der Waals surface area contributed by atoms with Crippen LogP contribution in [-0.2, 0) is 4.79 Å². The number of nitrogens with one attached hydrogen (secondary N) is 1. The molecule has 17 heavy (non-hydrogen) atoms. The van der Waals surface area contributed by atoms with E-state index < -0.39 is 0 Å². The number of carbonyl (C=O) groups is 1. The van der Waals surface area contributed by atoms with Crippen molar-refractivity contribution < 1.29 is 4.79 Å². The van der Waals surface area contributed by atoms with Gasteiger partial charge in [0, 0.05) is 31.1 Å². The van der Waals surface area contributed by atoms with Gasteiger partial charge in [0.05, 0.1) is 0 Å². The number of amides is 1. The van der Waals surface area contributed by atoms with E-state index in [1.54, 1.807) is 0 Å². The van der Waals surface area contributed by atoms with Crippen LogP contribution in [0.2, 0.25) is 0 Å². The molecule has 2 atom stereocenters. The van der Waals surface area contributed by atoms with Crippen LogP contribution in [0.5, 0.6) is 0 Å². The van der Waals surface area contributed by atoms with Crippen LogP contribution in [0, 0.1) is 5.92 Å². The van der Waals surface area contributed by atoms with E-state index in [0.717, 1.165) is 12.6 Å². The standard InChI is InChI=1S/C13H27N3O/c1-9(2)12(14)7-13(17)15-8-10(3)16(4)11-5-6-11/h9-12H,5-8,14H2,1-4H3,(H,15,17). The Bertz CT molecular complexity index is 251. The van der Waals surface area contributed by atoms with Crippen LogP contribution < -0.4 is 11.1 Å². The molecule has 0 bridgehead atoms. The third kappa shape index (κ3) is 5.04. The molecule has 3 N–H and O–H groups in total. The molecule has 1 fully saturated rings. The number of nitrogens with two attached hydrogens (primary N) is 1. The van der Waals surface area contributed by atoms with E-state index >= 15 is 0 Å². The lowest BCUT2D eigenvalue weighted by atomic mass is 10.0. The Labute approximate surface area is 105 Å². The van der Waals surface area contributed by atoms with E-state index in [9.17, 15) is 4.79 Å². The van der Waals surface area contributed by atoms with Crippen molar-refractivity contribution in [2.24, 2.45) is 11.7 Å². The second-order valence-electron chi connectivity index (χ2n) is 5.66. The summed E-state index contributed by atoms with van der Waals surface area (Å²) < 4.78 is 0. The Morgan fingerprint density at radius 3 is 2.47 bits per heavy atom. The molecular formula is C13H27N3O. The molecule has 0 aliphatic heterocycles. The molecule has 0 spiro atoms. The molecule has 100 valence electrons. The normalized spacial score (nSPS) is 19.5. The van der Waals surface area contributed by atoms with Crippen molar-refractivity contribution in [3.8, 4) is 0 Å². The number of nitrogens with zero attached hydrogens (tertiary/aromatic N) is 1. The summed E-state index contributed by atoms with van der Waals surface area (Å²) in [4.78, 5) is 14.0. The third-order valence-corrected chi connectivity index (χ3v) is 3.69. The van der Waals surface area contributed by atoms with E-state index in [4.69, 9.17) is 5.73 Å². The Balaban J connectivity index is 2.18. The van der Waals surface area contributed by atoms with Crippen LogP contribution in [-0.4, -0.2) is 42.5 Å². The van der Waals surface area contributed by atoms with Gasteiger partial charge in [-0.1, -0.05) is 13.8 Å². The molecule has 1 aliphatic rings. The summed E-state index contributed by atoms with van der Waals surface area (Å²) in [6.07, 6.45) is 3.03. The fourth-order valence-electron chi connectivity index (χ4n) is 1.77. The molecule has 1 rings (SSSR count). The van der Waals surface area contributed by atoms with Crippen LogP contribution >= 0.6 is 0 Å². The summed E-state index contributed by atoms with van der Waals surface area (Å²) in [5.74, 6) is 0.426. The Morgan fingerprint density at radius 2 is 2.00 bits per heavy atom. The maximum atomic E-state index is 11.7. The number of likely N-dealkylation sites (N-methyl/N-ethyl adjacent to an activating group) is 1. The van der Waals surface area contributed by atoms with Gasteiger partial charge in [-0.15, -0.1) is 0 Å². The fourth-order valence-corrected chi connectivity index (χ4v) is 1.77. The zero-order valence-corrected chi connectivity index (χ0v) is 11.6. The van der Waals surface area contributed by atoms with Crippen molar-refractivity contribution >= 4 is 5.91 Å². The van der Waals surface area contributed by atoms with Crippen molar-refractivity contribution in [3.05, 3.63) is 0 Å². The first kappa shape index (κ1) is 14.5. The quantitative estimate of drug-likeness (QED) is 0.698. The molecule has 4 nitrogen and oxygen atoms in total. The van der Waals surface area contributed by atoms with Crippen LogP contribution in [0.1, 0.15) is 40.0 Å². The van der Waals surface area contributed by atoms with E-state index in [2.05, 4.69) is 24.2 Å². The van der Waals surface area contributed by atoms with E-state index in [1.165, 1.54) is 12.8 Å². The topological polar surface area (TPSA) is 58.4 Å². The van der Waals surface area contributed by atoms with Crippen LogP contribution in [0.4, 0.5) is 0 Å². The molecule has 1 amide bonds. The largest absolute Gasteiger partial charge is 0.354 e. The predicted octanol–water partition coefficient (Wildman–Crippen LogP) is 0.959. The van der Waals surface area contributed by atoms with Gasteiger partial charge >= 0.3 is 0 Å². The number of carbonyl (C=O) groups excluding carboxylic acids is 1. The van der Waals surface area contributed by atoms with Gasteiger partial charge in [0.15, 0.2) is 0 Å². The number of rotatable bonds is 7. The monoisotopic (exact) mass is 241 g/mol. The molecule has 0 heterocycles. The van der Waals surface area contributed by atoms with Crippen molar-refractivity contribution in [2.75, 3.05) is 13.6 Å². The molecule has 0 aromatic heterocycles. The van der Waals surface area contributed by atoms with E-state index in [-0.39, 0.29) is 11.9 Å². The SMILES string of the molecule is CC(C)C(N)CC(=O)NCC(C)N(C)C1CC1. The van der Waals surface area contributed by atoms with Gasteiger partial charge in [0.25, 0.3) is 0 Å². The average molecular weight is 241 g/mol. The Kier molecular flexibility index (Phi) is 5.40. The minimum atomic E-state index is -0.0357. The molecule has 0 aromatic rings. The highest BCUT2D eigenvalue weighted by Gasteiger charge is 2.29. The molecular weight excluding hydrogens is 214 g/mol. The van der Waals surface area contributed by atoms with Gasteiger partial charge in [-0.2, -0.15) is 0 Å². The highest BCUT2D eigenvalue weighted by molar-refractivity contribution is 5.76. The summed E-state index contributed by atoms with van der Waals surface area (Å²) in [6, 6.07) is 1.10. The summed E-state index contributed by atoms with van der Waals surface area (Å²) >= 11 is 0. The van der Waals surface area contributed by atoms with Gasteiger partial charge < -0.3 is 11.1 Å². The van der Waals surface area contributed by atoms with Crippen LogP contribution in [0.3, 0.4) is 0 Å². The summed E-state index contributed by atoms with van der Waals surface area (Å²) in [5, 5.41) is 2.97. The minimum absolute atomic E-state index is 0.0357. The number of hydrogen-bond acceptors (Lipinski definition) is 3.